The van der Waals surface area contributed by atoms with E-state index in [0.29, 0.717) is 10.1 Å². The molecule has 1 aromatic heterocycles. The SMILES string of the molecule is Cc1cccc(OS(=O)(=O)c2ccc(Cl)s2)c1C. The summed E-state index contributed by atoms with van der Waals surface area (Å²) >= 11 is 6.70. The highest BCUT2D eigenvalue weighted by molar-refractivity contribution is 7.89. The molecular weight excluding hydrogens is 292 g/mol. The third kappa shape index (κ3) is 2.68. The van der Waals surface area contributed by atoms with Gasteiger partial charge in [0.15, 0.2) is 4.21 Å². The van der Waals surface area contributed by atoms with Crippen LogP contribution < -0.4 is 4.18 Å². The quantitative estimate of drug-likeness (QED) is 0.810. The molecule has 1 heterocycles. The van der Waals surface area contributed by atoms with Crippen LogP contribution in [0, 0.1) is 13.8 Å². The van der Waals surface area contributed by atoms with Crippen molar-refractivity contribution >= 4 is 33.1 Å². The molecule has 0 spiro atoms. The molecule has 6 heteroatoms. The Balaban J connectivity index is 2.37. The molecule has 0 saturated carbocycles. The van der Waals surface area contributed by atoms with Crippen molar-refractivity contribution in [1.29, 1.82) is 0 Å². The van der Waals surface area contributed by atoms with Gasteiger partial charge < -0.3 is 4.18 Å². The Hall–Kier alpha value is -1.04. The van der Waals surface area contributed by atoms with Crippen molar-refractivity contribution in [2.45, 2.75) is 18.1 Å². The zero-order valence-corrected chi connectivity index (χ0v) is 12.2. The van der Waals surface area contributed by atoms with Crippen LogP contribution in [0.25, 0.3) is 0 Å². The maximum absolute atomic E-state index is 12.0. The van der Waals surface area contributed by atoms with Crippen LogP contribution in [0.3, 0.4) is 0 Å². The van der Waals surface area contributed by atoms with E-state index in [-0.39, 0.29) is 4.21 Å². The highest BCUT2D eigenvalue weighted by Crippen LogP contribution is 2.29. The molecule has 0 N–H and O–H groups in total. The maximum atomic E-state index is 12.0. The number of hydrogen-bond acceptors (Lipinski definition) is 4. The summed E-state index contributed by atoms with van der Waals surface area (Å²) in [4.78, 5) is 0. The molecule has 0 aliphatic rings. The van der Waals surface area contributed by atoms with Crippen LogP contribution in [0.1, 0.15) is 11.1 Å². The minimum Gasteiger partial charge on any atom is -0.378 e. The molecule has 0 bridgehead atoms. The minimum atomic E-state index is -3.80. The highest BCUT2D eigenvalue weighted by atomic mass is 35.5. The van der Waals surface area contributed by atoms with Crippen molar-refractivity contribution in [2.75, 3.05) is 0 Å². The third-order valence-electron chi connectivity index (χ3n) is 2.55. The van der Waals surface area contributed by atoms with Gasteiger partial charge in [0, 0.05) is 0 Å². The zero-order valence-electron chi connectivity index (χ0n) is 9.81. The number of aryl methyl sites for hydroxylation is 1. The number of benzene rings is 1. The Morgan fingerprint density at radius 3 is 2.50 bits per heavy atom. The molecule has 2 aromatic rings. The van der Waals surface area contributed by atoms with Crippen LogP contribution in [0.2, 0.25) is 4.34 Å². The normalized spacial score (nSPS) is 11.5. The first-order valence-corrected chi connectivity index (χ1v) is 7.76. The third-order valence-corrected chi connectivity index (χ3v) is 5.47. The summed E-state index contributed by atoms with van der Waals surface area (Å²) in [6.45, 7) is 3.72. The summed E-state index contributed by atoms with van der Waals surface area (Å²) in [6.07, 6.45) is 0. The van der Waals surface area contributed by atoms with Gasteiger partial charge in [-0.1, -0.05) is 23.7 Å². The van der Waals surface area contributed by atoms with E-state index in [1.807, 2.05) is 19.9 Å². The molecule has 0 radical (unpaired) electrons. The molecule has 1 aromatic carbocycles. The molecular formula is C12H11ClO3S2. The van der Waals surface area contributed by atoms with Crippen molar-refractivity contribution in [3.8, 4) is 5.75 Å². The molecule has 18 heavy (non-hydrogen) atoms. The topological polar surface area (TPSA) is 43.4 Å². The van der Waals surface area contributed by atoms with Crippen LogP contribution in [-0.2, 0) is 10.1 Å². The molecule has 0 atom stereocenters. The van der Waals surface area contributed by atoms with E-state index in [2.05, 4.69) is 0 Å². The Labute approximate surface area is 115 Å². The second-order valence-electron chi connectivity index (χ2n) is 3.79. The van der Waals surface area contributed by atoms with Crippen molar-refractivity contribution in [1.82, 2.24) is 0 Å². The minimum absolute atomic E-state index is 0.105. The standard InChI is InChI=1S/C12H11ClO3S2/c1-8-4-3-5-10(9(8)2)16-18(14,15)12-7-6-11(13)17-12/h3-7H,1-2H3. The summed E-state index contributed by atoms with van der Waals surface area (Å²) in [6, 6.07) is 8.26. The van der Waals surface area contributed by atoms with E-state index >= 15 is 0 Å². The fourth-order valence-corrected chi connectivity index (χ4v) is 3.83. The van der Waals surface area contributed by atoms with Gasteiger partial charge in [0.05, 0.1) is 4.34 Å². The van der Waals surface area contributed by atoms with Crippen LogP contribution >= 0.6 is 22.9 Å². The fourth-order valence-electron chi connectivity index (χ4n) is 1.41. The maximum Gasteiger partial charge on any atom is 0.348 e. The molecule has 2 rings (SSSR count). The fraction of sp³-hybridized carbons (Fsp3) is 0.167. The first kappa shape index (κ1) is 13.4. The first-order valence-electron chi connectivity index (χ1n) is 5.16. The van der Waals surface area contributed by atoms with Crippen LogP contribution in [-0.4, -0.2) is 8.42 Å². The van der Waals surface area contributed by atoms with E-state index in [4.69, 9.17) is 15.8 Å². The summed E-state index contributed by atoms with van der Waals surface area (Å²) in [5.74, 6) is 0.347. The largest absolute Gasteiger partial charge is 0.378 e. The Morgan fingerprint density at radius 1 is 1.17 bits per heavy atom. The monoisotopic (exact) mass is 302 g/mol. The number of thiophene rings is 1. The van der Waals surface area contributed by atoms with Crippen molar-refractivity contribution in [3.05, 3.63) is 45.8 Å². The van der Waals surface area contributed by atoms with E-state index in [1.54, 1.807) is 12.1 Å². The average Bonchev–Trinajstić information content (AvgIpc) is 2.72. The summed E-state index contributed by atoms with van der Waals surface area (Å²) in [7, 11) is -3.80. The molecule has 0 aliphatic heterocycles. The number of halogens is 1. The van der Waals surface area contributed by atoms with E-state index in [1.165, 1.54) is 12.1 Å². The van der Waals surface area contributed by atoms with Gasteiger partial charge in [-0.05, 0) is 43.2 Å². The van der Waals surface area contributed by atoms with Gasteiger partial charge in [0.1, 0.15) is 5.75 Å². The molecule has 0 aliphatic carbocycles. The van der Waals surface area contributed by atoms with Crippen LogP contribution in [0.4, 0.5) is 0 Å². The Kier molecular flexibility index (Phi) is 3.66. The predicted molar refractivity (Wildman–Crippen MR) is 73.1 cm³/mol. The highest BCUT2D eigenvalue weighted by Gasteiger charge is 2.20. The molecule has 0 saturated heterocycles. The van der Waals surface area contributed by atoms with Gasteiger partial charge in [0.25, 0.3) is 0 Å². The molecule has 0 amide bonds. The van der Waals surface area contributed by atoms with Gasteiger partial charge in [-0.2, -0.15) is 8.42 Å². The second-order valence-corrected chi connectivity index (χ2v) is 7.28. The Morgan fingerprint density at radius 2 is 1.89 bits per heavy atom. The summed E-state index contributed by atoms with van der Waals surface area (Å²) in [5.41, 5.74) is 1.79. The van der Waals surface area contributed by atoms with Crippen LogP contribution in [0.5, 0.6) is 5.75 Å². The van der Waals surface area contributed by atoms with Crippen molar-refractivity contribution in [3.63, 3.8) is 0 Å². The lowest BCUT2D eigenvalue weighted by Gasteiger charge is -2.09. The lowest BCUT2D eigenvalue weighted by Crippen LogP contribution is -2.09. The smallest absolute Gasteiger partial charge is 0.348 e. The lowest BCUT2D eigenvalue weighted by atomic mass is 10.1. The van der Waals surface area contributed by atoms with Gasteiger partial charge in [0.2, 0.25) is 0 Å². The molecule has 0 unspecified atom stereocenters. The molecule has 0 fully saturated rings. The number of hydrogen-bond donors (Lipinski definition) is 0. The van der Waals surface area contributed by atoms with Crippen molar-refractivity contribution in [2.24, 2.45) is 0 Å². The Bertz CT molecular complexity index is 674. The van der Waals surface area contributed by atoms with Gasteiger partial charge in [-0.25, -0.2) is 0 Å². The average molecular weight is 303 g/mol. The zero-order chi connectivity index (χ0) is 13.3. The van der Waals surface area contributed by atoms with Crippen molar-refractivity contribution < 1.29 is 12.6 Å². The lowest BCUT2D eigenvalue weighted by molar-refractivity contribution is 0.486. The van der Waals surface area contributed by atoms with Gasteiger partial charge >= 0.3 is 10.1 Å². The van der Waals surface area contributed by atoms with E-state index in [9.17, 15) is 8.42 Å². The van der Waals surface area contributed by atoms with E-state index in [0.717, 1.165) is 22.5 Å². The number of rotatable bonds is 3. The van der Waals surface area contributed by atoms with E-state index < -0.39 is 10.1 Å². The second kappa shape index (κ2) is 4.91. The first-order chi connectivity index (χ1) is 8.40. The molecule has 96 valence electrons. The van der Waals surface area contributed by atoms with Gasteiger partial charge in [-0.15, -0.1) is 11.3 Å². The summed E-state index contributed by atoms with van der Waals surface area (Å²) in [5, 5.41) is 0. The summed E-state index contributed by atoms with van der Waals surface area (Å²) < 4.78 is 29.7. The van der Waals surface area contributed by atoms with Crippen LogP contribution in [0.15, 0.2) is 34.5 Å². The predicted octanol–water partition coefficient (Wildman–Crippen LogP) is 3.79. The molecule has 3 nitrogen and oxygen atoms in total. The van der Waals surface area contributed by atoms with Gasteiger partial charge in [-0.3, -0.25) is 0 Å².